The van der Waals surface area contributed by atoms with Crippen molar-refractivity contribution in [3.8, 4) is 17.0 Å². The Morgan fingerprint density at radius 2 is 1.86 bits per heavy atom. The molecule has 0 saturated carbocycles. The molecule has 0 unspecified atom stereocenters. The van der Waals surface area contributed by atoms with Crippen LogP contribution in [-0.4, -0.2) is 23.4 Å². The van der Waals surface area contributed by atoms with Gasteiger partial charge >= 0.3 is 0 Å². The molecule has 2 aromatic carbocycles. The Bertz CT molecular complexity index is 1010. The lowest BCUT2D eigenvalue weighted by Gasteiger charge is -2.09. The topological polar surface area (TPSA) is 94.3 Å². The van der Waals surface area contributed by atoms with E-state index in [0.717, 1.165) is 29.0 Å². The summed E-state index contributed by atoms with van der Waals surface area (Å²) in [5, 5.41) is 3.33. The normalized spacial score (nSPS) is 10.6. The monoisotopic (exact) mass is 409 g/mol. The number of nitrogens with zero attached hydrogens (tertiary/aromatic N) is 1. The number of nitrogens with one attached hydrogen (secondary N) is 1. The highest BCUT2D eigenvalue weighted by molar-refractivity contribution is 7.16. The Morgan fingerprint density at radius 3 is 2.55 bits per heavy atom. The van der Waals surface area contributed by atoms with Crippen molar-refractivity contribution in [3.05, 3.63) is 64.5 Å². The fourth-order valence-corrected chi connectivity index (χ4v) is 3.76. The molecule has 0 aliphatic carbocycles. The van der Waals surface area contributed by atoms with Gasteiger partial charge in [-0.3, -0.25) is 14.9 Å². The number of hydrogen-bond donors (Lipinski definition) is 2. The Balaban J connectivity index is 1.77. The summed E-state index contributed by atoms with van der Waals surface area (Å²) in [5.41, 5.74) is 8.60. The zero-order valence-electron chi connectivity index (χ0n) is 16.4. The molecular formula is C22H23N3O3S. The molecule has 3 rings (SSSR count). The van der Waals surface area contributed by atoms with E-state index in [1.54, 1.807) is 24.3 Å². The van der Waals surface area contributed by atoms with Crippen LogP contribution in [0.15, 0.2) is 48.5 Å². The molecule has 3 N–H and O–H groups in total. The quantitative estimate of drug-likeness (QED) is 0.583. The van der Waals surface area contributed by atoms with Crippen LogP contribution in [0.25, 0.3) is 11.3 Å². The van der Waals surface area contributed by atoms with E-state index in [0.29, 0.717) is 16.4 Å². The Labute approximate surface area is 173 Å². The van der Waals surface area contributed by atoms with Gasteiger partial charge in [-0.05, 0) is 31.0 Å². The lowest BCUT2D eigenvalue weighted by molar-refractivity contribution is -0.119. The fourth-order valence-electron chi connectivity index (χ4n) is 2.93. The van der Waals surface area contributed by atoms with E-state index in [9.17, 15) is 9.59 Å². The number of primary amides is 1. The van der Waals surface area contributed by atoms with E-state index in [-0.39, 0.29) is 12.5 Å². The predicted octanol–water partition coefficient (Wildman–Crippen LogP) is 4.19. The number of anilines is 1. The van der Waals surface area contributed by atoms with Gasteiger partial charge in [-0.2, -0.15) is 0 Å². The molecule has 0 saturated heterocycles. The summed E-state index contributed by atoms with van der Waals surface area (Å²) in [6, 6.07) is 15.0. The zero-order chi connectivity index (χ0) is 20.8. The number of carbonyl (C=O) groups excluding carboxylic acids is 2. The molecule has 0 fully saturated rings. The number of ether oxygens (including phenoxy) is 1. The molecule has 150 valence electrons. The van der Waals surface area contributed by atoms with Crippen molar-refractivity contribution < 1.29 is 14.3 Å². The molecule has 1 heterocycles. The first kappa shape index (κ1) is 20.5. The largest absolute Gasteiger partial charge is 0.483 e. The molecule has 0 aliphatic heterocycles. The van der Waals surface area contributed by atoms with E-state index >= 15 is 0 Å². The van der Waals surface area contributed by atoms with Crippen molar-refractivity contribution in [1.29, 1.82) is 0 Å². The Morgan fingerprint density at radius 1 is 1.14 bits per heavy atom. The van der Waals surface area contributed by atoms with Crippen molar-refractivity contribution >= 4 is 28.3 Å². The van der Waals surface area contributed by atoms with Gasteiger partial charge in [-0.25, -0.2) is 4.98 Å². The summed E-state index contributed by atoms with van der Waals surface area (Å²) >= 11 is 1.41. The number of amides is 2. The highest BCUT2D eigenvalue weighted by Crippen LogP contribution is 2.31. The number of rotatable bonds is 8. The van der Waals surface area contributed by atoms with Gasteiger partial charge in [0.05, 0.1) is 11.3 Å². The summed E-state index contributed by atoms with van der Waals surface area (Å²) < 4.78 is 5.33. The van der Waals surface area contributed by atoms with Crippen LogP contribution in [0.3, 0.4) is 0 Å². The van der Waals surface area contributed by atoms with Crippen LogP contribution in [0.1, 0.15) is 34.1 Å². The van der Waals surface area contributed by atoms with Crippen molar-refractivity contribution in [2.45, 2.75) is 26.7 Å². The maximum Gasteiger partial charge on any atom is 0.261 e. The number of para-hydroxylation sites is 1. The lowest BCUT2D eigenvalue weighted by atomic mass is 10.1. The molecular weight excluding hydrogens is 386 g/mol. The first-order chi connectivity index (χ1) is 14.0. The summed E-state index contributed by atoms with van der Waals surface area (Å²) in [5.74, 6) is -0.669. The van der Waals surface area contributed by atoms with Crippen LogP contribution >= 0.6 is 11.3 Å². The minimum Gasteiger partial charge on any atom is -0.483 e. The van der Waals surface area contributed by atoms with Gasteiger partial charge in [-0.15, -0.1) is 11.3 Å². The molecule has 29 heavy (non-hydrogen) atoms. The van der Waals surface area contributed by atoms with Crippen molar-refractivity contribution in [1.82, 2.24) is 4.98 Å². The standard InChI is InChI=1S/C22H23N3O3S/c1-3-6-15-9-11-16(12-10-15)20-14(2)29-22(24-20)25-21(27)17-7-4-5-8-18(17)28-13-19(23)26/h4-5,7-12H,3,6,13H2,1-2H3,(H2,23,26)(H,24,25,27). The van der Waals surface area contributed by atoms with Crippen LogP contribution in [-0.2, 0) is 11.2 Å². The second-order valence-corrected chi connectivity index (χ2v) is 7.78. The third-order valence-corrected chi connectivity index (χ3v) is 5.17. The van der Waals surface area contributed by atoms with Crippen LogP contribution in [0, 0.1) is 6.92 Å². The first-order valence-electron chi connectivity index (χ1n) is 9.36. The van der Waals surface area contributed by atoms with E-state index in [1.165, 1.54) is 16.9 Å². The van der Waals surface area contributed by atoms with E-state index < -0.39 is 5.91 Å². The van der Waals surface area contributed by atoms with Gasteiger partial charge in [0.1, 0.15) is 5.75 Å². The number of carbonyl (C=O) groups is 2. The third kappa shape index (κ3) is 5.20. The molecule has 0 spiro atoms. The molecule has 2 amide bonds. The van der Waals surface area contributed by atoms with Crippen LogP contribution < -0.4 is 15.8 Å². The van der Waals surface area contributed by atoms with Crippen LogP contribution in [0.5, 0.6) is 5.75 Å². The lowest BCUT2D eigenvalue weighted by Crippen LogP contribution is -2.21. The van der Waals surface area contributed by atoms with Crippen molar-refractivity contribution in [3.63, 3.8) is 0 Å². The van der Waals surface area contributed by atoms with E-state index in [1.807, 2.05) is 6.92 Å². The van der Waals surface area contributed by atoms with Gasteiger partial charge in [0.25, 0.3) is 11.8 Å². The maximum atomic E-state index is 12.7. The van der Waals surface area contributed by atoms with E-state index in [4.69, 9.17) is 10.5 Å². The van der Waals surface area contributed by atoms with Gasteiger partial charge in [-0.1, -0.05) is 49.7 Å². The molecule has 6 nitrogen and oxygen atoms in total. The highest BCUT2D eigenvalue weighted by atomic mass is 32.1. The second-order valence-electron chi connectivity index (χ2n) is 6.58. The number of aryl methyl sites for hydroxylation is 2. The zero-order valence-corrected chi connectivity index (χ0v) is 17.2. The average molecular weight is 410 g/mol. The first-order valence-corrected chi connectivity index (χ1v) is 10.2. The summed E-state index contributed by atoms with van der Waals surface area (Å²) in [7, 11) is 0. The molecule has 0 bridgehead atoms. The minimum absolute atomic E-state index is 0.293. The van der Waals surface area contributed by atoms with Gasteiger partial charge in [0.15, 0.2) is 11.7 Å². The second kappa shape index (κ2) is 9.34. The molecule has 1 aromatic heterocycles. The van der Waals surface area contributed by atoms with E-state index in [2.05, 4.69) is 41.5 Å². The van der Waals surface area contributed by atoms with Gasteiger partial charge in [0, 0.05) is 10.4 Å². The van der Waals surface area contributed by atoms with Crippen molar-refractivity contribution in [2.24, 2.45) is 5.73 Å². The van der Waals surface area contributed by atoms with Crippen LogP contribution in [0.2, 0.25) is 0 Å². The molecule has 3 aromatic rings. The molecule has 0 radical (unpaired) electrons. The minimum atomic E-state index is -0.606. The van der Waals surface area contributed by atoms with Crippen LogP contribution in [0.4, 0.5) is 5.13 Å². The van der Waals surface area contributed by atoms with Gasteiger partial charge < -0.3 is 10.5 Å². The summed E-state index contributed by atoms with van der Waals surface area (Å²) in [6.45, 7) is 3.84. The molecule has 0 atom stereocenters. The number of hydrogen-bond acceptors (Lipinski definition) is 5. The summed E-state index contributed by atoms with van der Waals surface area (Å²) in [4.78, 5) is 29.3. The fraction of sp³-hybridized carbons (Fsp3) is 0.227. The summed E-state index contributed by atoms with van der Waals surface area (Å²) in [6.07, 6.45) is 2.16. The highest BCUT2D eigenvalue weighted by Gasteiger charge is 2.16. The van der Waals surface area contributed by atoms with Crippen molar-refractivity contribution in [2.75, 3.05) is 11.9 Å². The predicted molar refractivity (Wildman–Crippen MR) is 115 cm³/mol. The van der Waals surface area contributed by atoms with Gasteiger partial charge in [0.2, 0.25) is 0 Å². The number of aromatic nitrogens is 1. The maximum absolute atomic E-state index is 12.7. The smallest absolute Gasteiger partial charge is 0.261 e. The number of benzene rings is 2. The molecule has 0 aliphatic rings. The third-order valence-electron chi connectivity index (χ3n) is 4.28. The Kier molecular flexibility index (Phi) is 6.61. The number of nitrogens with two attached hydrogens (primary N) is 1. The molecule has 7 heteroatoms. The Hall–Kier alpha value is -3.19. The number of thiazole rings is 1. The average Bonchev–Trinajstić information content (AvgIpc) is 3.07. The SMILES string of the molecule is CCCc1ccc(-c2nc(NC(=O)c3ccccc3OCC(N)=O)sc2C)cc1.